The molecule has 1 aromatic rings. The van der Waals surface area contributed by atoms with Crippen molar-refractivity contribution in [2.24, 2.45) is 11.7 Å². The minimum absolute atomic E-state index is 0.0529. The summed E-state index contributed by atoms with van der Waals surface area (Å²) in [5, 5.41) is 10.3. The fraction of sp³-hybridized carbons (Fsp3) is 0.667. The summed E-state index contributed by atoms with van der Waals surface area (Å²) in [6.45, 7) is 0.719. The van der Waals surface area contributed by atoms with E-state index in [4.69, 9.17) is 5.73 Å². The molecule has 0 bridgehead atoms. The zero-order valence-corrected chi connectivity index (χ0v) is 8.47. The van der Waals surface area contributed by atoms with Gasteiger partial charge >= 0.3 is 0 Å². The summed E-state index contributed by atoms with van der Waals surface area (Å²) in [5.74, 6) is 0.526. The molecule has 6 heteroatoms. The topological polar surface area (TPSA) is 85.8 Å². The second-order valence-corrected chi connectivity index (χ2v) is 3.85. The predicted octanol–water partition coefficient (Wildman–Crippen LogP) is -0.868. The van der Waals surface area contributed by atoms with Gasteiger partial charge in [0.15, 0.2) is 0 Å². The lowest BCUT2D eigenvalue weighted by Gasteiger charge is -2.15. The Morgan fingerprint density at radius 3 is 3.00 bits per heavy atom. The van der Waals surface area contributed by atoms with Crippen LogP contribution in [-0.2, 0) is 11.3 Å². The molecule has 15 heavy (non-hydrogen) atoms. The van der Waals surface area contributed by atoms with Crippen molar-refractivity contribution in [1.82, 2.24) is 20.3 Å². The van der Waals surface area contributed by atoms with Gasteiger partial charge in [-0.05, 0) is 18.8 Å². The highest BCUT2D eigenvalue weighted by Crippen LogP contribution is 2.32. The lowest BCUT2D eigenvalue weighted by molar-refractivity contribution is -0.122. The normalized spacial score (nSPS) is 17.4. The molecule has 0 saturated heterocycles. The average Bonchev–Trinajstić information content (AvgIpc) is 2.95. The first-order chi connectivity index (χ1) is 7.29. The molecule has 1 fully saturated rings. The molecule has 0 radical (unpaired) electrons. The molecule has 82 valence electrons. The average molecular weight is 209 g/mol. The number of carbonyl (C=O) groups excluding carboxylic acids is 1. The third-order valence-electron chi connectivity index (χ3n) is 2.57. The van der Waals surface area contributed by atoms with Crippen LogP contribution in [0.25, 0.3) is 0 Å². The number of nitrogens with zero attached hydrogens (tertiary/aromatic N) is 3. The summed E-state index contributed by atoms with van der Waals surface area (Å²) >= 11 is 0. The molecular formula is C9H15N5O. The van der Waals surface area contributed by atoms with Gasteiger partial charge in [-0.15, -0.1) is 5.10 Å². The Hall–Kier alpha value is -1.43. The molecule has 6 nitrogen and oxygen atoms in total. The summed E-state index contributed by atoms with van der Waals surface area (Å²) in [6.07, 6.45) is 5.56. The molecule has 0 aliphatic heterocycles. The Bertz CT molecular complexity index is 319. The monoisotopic (exact) mass is 209 g/mol. The molecule has 3 N–H and O–H groups in total. The van der Waals surface area contributed by atoms with Crippen molar-refractivity contribution in [2.75, 3.05) is 6.54 Å². The van der Waals surface area contributed by atoms with Crippen molar-refractivity contribution in [3.05, 3.63) is 12.4 Å². The van der Waals surface area contributed by atoms with Gasteiger partial charge in [-0.25, -0.2) is 4.68 Å². The maximum Gasteiger partial charge on any atom is 0.242 e. The molecule has 0 aromatic carbocycles. The highest BCUT2D eigenvalue weighted by Gasteiger charge is 2.31. The van der Waals surface area contributed by atoms with Gasteiger partial charge in [0.05, 0.1) is 6.20 Å². The first kappa shape index (κ1) is 10.1. The Morgan fingerprint density at radius 1 is 1.67 bits per heavy atom. The van der Waals surface area contributed by atoms with E-state index in [1.54, 1.807) is 12.4 Å². The first-order valence-corrected chi connectivity index (χ1v) is 5.13. The molecule has 1 saturated carbocycles. The van der Waals surface area contributed by atoms with E-state index in [2.05, 4.69) is 15.6 Å². The number of rotatable bonds is 5. The Morgan fingerprint density at radius 2 is 2.47 bits per heavy atom. The summed E-state index contributed by atoms with van der Waals surface area (Å²) in [5.41, 5.74) is 5.59. The molecule has 1 heterocycles. The van der Waals surface area contributed by atoms with Gasteiger partial charge in [0.1, 0.15) is 6.54 Å². The van der Waals surface area contributed by atoms with Crippen molar-refractivity contribution < 1.29 is 4.79 Å². The van der Waals surface area contributed by atoms with E-state index in [0.29, 0.717) is 12.5 Å². The van der Waals surface area contributed by atoms with Crippen LogP contribution < -0.4 is 11.1 Å². The number of nitrogens with two attached hydrogens (primary N) is 1. The van der Waals surface area contributed by atoms with Crippen molar-refractivity contribution in [3.8, 4) is 0 Å². The number of hydrogen-bond acceptors (Lipinski definition) is 4. The predicted molar refractivity (Wildman–Crippen MR) is 53.7 cm³/mol. The van der Waals surface area contributed by atoms with Gasteiger partial charge in [-0.3, -0.25) is 4.79 Å². The van der Waals surface area contributed by atoms with Gasteiger partial charge in [0.25, 0.3) is 0 Å². The van der Waals surface area contributed by atoms with E-state index < -0.39 is 0 Å². The third-order valence-corrected chi connectivity index (χ3v) is 2.57. The van der Waals surface area contributed by atoms with Gasteiger partial charge < -0.3 is 11.1 Å². The largest absolute Gasteiger partial charge is 0.350 e. The third kappa shape index (κ3) is 2.76. The Labute approximate surface area is 87.8 Å². The minimum Gasteiger partial charge on any atom is -0.350 e. The number of aromatic nitrogens is 3. The number of amides is 1. The maximum absolute atomic E-state index is 11.6. The van der Waals surface area contributed by atoms with Crippen LogP contribution in [-0.4, -0.2) is 33.5 Å². The van der Waals surface area contributed by atoms with E-state index in [-0.39, 0.29) is 18.5 Å². The second kappa shape index (κ2) is 4.39. The van der Waals surface area contributed by atoms with Crippen LogP contribution in [0.2, 0.25) is 0 Å². The zero-order chi connectivity index (χ0) is 10.7. The molecule has 1 amide bonds. The van der Waals surface area contributed by atoms with Crippen LogP contribution in [0.4, 0.5) is 0 Å². The van der Waals surface area contributed by atoms with E-state index >= 15 is 0 Å². The van der Waals surface area contributed by atoms with Crippen LogP contribution in [0.15, 0.2) is 12.4 Å². The van der Waals surface area contributed by atoms with Crippen LogP contribution >= 0.6 is 0 Å². The van der Waals surface area contributed by atoms with E-state index in [9.17, 15) is 4.79 Å². The van der Waals surface area contributed by atoms with Gasteiger partial charge in [0, 0.05) is 18.8 Å². The Kier molecular flexibility index (Phi) is 2.96. The standard InChI is InChI=1S/C9H15N5O/c10-5-8(7-1-2-7)12-9(15)6-14-4-3-11-13-14/h3-4,7-8H,1-2,5-6,10H2,(H,12,15). The van der Waals surface area contributed by atoms with Crippen molar-refractivity contribution in [2.45, 2.75) is 25.4 Å². The highest BCUT2D eigenvalue weighted by molar-refractivity contribution is 5.76. The van der Waals surface area contributed by atoms with Crippen LogP contribution in [0.1, 0.15) is 12.8 Å². The molecular weight excluding hydrogens is 194 g/mol. The van der Waals surface area contributed by atoms with E-state index in [1.165, 1.54) is 17.5 Å². The Balaban J connectivity index is 1.80. The second-order valence-electron chi connectivity index (χ2n) is 3.85. The lowest BCUT2D eigenvalue weighted by Crippen LogP contribution is -2.43. The number of nitrogens with one attached hydrogen (secondary N) is 1. The summed E-state index contributed by atoms with van der Waals surface area (Å²) in [7, 11) is 0. The molecule has 1 unspecified atom stereocenters. The van der Waals surface area contributed by atoms with Crippen LogP contribution in [0.3, 0.4) is 0 Å². The van der Waals surface area contributed by atoms with Gasteiger partial charge in [-0.1, -0.05) is 5.21 Å². The minimum atomic E-state index is -0.0529. The SMILES string of the molecule is NCC(NC(=O)Cn1ccnn1)C1CC1. The summed E-state index contributed by atoms with van der Waals surface area (Å²) in [4.78, 5) is 11.6. The highest BCUT2D eigenvalue weighted by atomic mass is 16.2. The van der Waals surface area contributed by atoms with Gasteiger partial charge in [-0.2, -0.15) is 0 Å². The van der Waals surface area contributed by atoms with Crippen LogP contribution in [0, 0.1) is 5.92 Å². The summed E-state index contributed by atoms with van der Waals surface area (Å²) in [6, 6.07) is 0.126. The van der Waals surface area contributed by atoms with Crippen LogP contribution in [0.5, 0.6) is 0 Å². The van der Waals surface area contributed by atoms with Crippen molar-refractivity contribution in [3.63, 3.8) is 0 Å². The molecule has 1 aliphatic carbocycles. The summed E-state index contributed by atoms with van der Waals surface area (Å²) < 4.78 is 1.50. The van der Waals surface area contributed by atoms with E-state index in [1.807, 2.05) is 0 Å². The number of hydrogen-bond donors (Lipinski definition) is 2. The molecule has 0 spiro atoms. The van der Waals surface area contributed by atoms with Crippen molar-refractivity contribution >= 4 is 5.91 Å². The lowest BCUT2D eigenvalue weighted by atomic mass is 10.2. The quantitative estimate of drug-likeness (QED) is 0.660. The first-order valence-electron chi connectivity index (χ1n) is 5.13. The van der Waals surface area contributed by atoms with Crippen molar-refractivity contribution in [1.29, 1.82) is 0 Å². The van der Waals surface area contributed by atoms with E-state index in [0.717, 1.165) is 0 Å². The van der Waals surface area contributed by atoms with Gasteiger partial charge in [0.2, 0.25) is 5.91 Å². The molecule has 1 aliphatic rings. The smallest absolute Gasteiger partial charge is 0.242 e. The number of carbonyl (C=O) groups is 1. The fourth-order valence-corrected chi connectivity index (χ4v) is 1.58. The zero-order valence-electron chi connectivity index (χ0n) is 8.47. The fourth-order valence-electron chi connectivity index (χ4n) is 1.58. The molecule has 1 atom stereocenters. The molecule has 2 rings (SSSR count). The maximum atomic E-state index is 11.6. The molecule has 1 aromatic heterocycles.